The van der Waals surface area contributed by atoms with E-state index in [0.717, 1.165) is 185 Å². The first kappa shape index (κ1) is 51.8. The van der Waals surface area contributed by atoms with Crippen LogP contribution in [-0.4, -0.2) is 171 Å². The largest absolute Gasteiger partial charge is 0.495 e. The van der Waals surface area contributed by atoms with Crippen LogP contribution in [0.15, 0.2) is 24.3 Å². The molecule has 14 nitrogen and oxygen atoms in total. The quantitative estimate of drug-likeness (QED) is 0.118. The molecule has 0 saturated carbocycles. The summed E-state index contributed by atoms with van der Waals surface area (Å²) in [4.78, 5) is 35.0. The number of likely N-dealkylation sites (tertiary alicyclic amines) is 4. The van der Waals surface area contributed by atoms with Crippen molar-refractivity contribution < 1.29 is 9.47 Å². The fourth-order valence-corrected chi connectivity index (χ4v) is 11.4. The highest BCUT2D eigenvalue weighted by molar-refractivity contribution is 5.94. The van der Waals surface area contributed by atoms with E-state index in [2.05, 4.69) is 102 Å². The number of ether oxygens (including phenoxy) is 2. The van der Waals surface area contributed by atoms with Crippen LogP contribution in [0.5, 0.6) is 11.5 Å². The summed E-state index contributed by atoms with van der Waals surface area (Å²) in [5.74, 6) is 18.7. The monoisotopic (exact) mass is 981 g/mol. The third kappa shape index (κ3) is 13.7. The lowest BCUT2D eigenvalue weighted by molar-refractivity contribution is 0.229. The van der Waals surface area contributed by atoms with Crippen molar-refractivity contribution in [1.29, 1.82) is 0 Å². The van der Waals surface area contributed by atoms with Crippen molar-refractivity contribution in [3.8, 4) is 35.2 Å². The second-order valence-electron chi connectivity index (χ2n) is 20.9. The van der Waals surface area contributed by atoms with Gasteiger partial charge in [-0.05, 0) is 153 Å². The van der Waals surface area contributed by atoms with Gasteiger partial charge in [-0.2, -0.15) is 9.97 Å². The van der Waals surface area contributed by atoms with Crippen LogP contribution < -0.4 is 29.9 Å². The average Bonchev–Trinajstić information content (AvgIpc) is 4.17. The molecular weight excluding hydrogens is 897 g/mol. The highest BCUT2D eigenvalue weighted by atomic mass is 16.5. The lowest BCUT2D eigenvalue weighted by Crippen LogP contribution is -2.39. The number of aromatic nitrogens is 4. The predicted octanol–water partition coefficient (Wildman–Crippen LogP) is 8.72. The Labute approximate surface area is 431 Å². The number of nitrogens with zero attached hydrogens (tertiary/aromatic N) is 10. The van der Waals surface area contributed by atoms with Gasteiger partial charge < -0.3 is 49.5 Å². The lowest BCUT2D eigenvalue weighted by Gasteiger charge is -2.32. The van der Waals surface area contributed by atoms with E-state index >= 15 is 0 Å². The second kappa shape index (κ2) is 26.2. The third-order valence-corrected chi connectivity index (χ3v) is 16.0. The van der Waals surface area contributed by atoms with Gasteiger partial charge in [0.15, 0.2) is 0 Å². The van der Waals surface area contributed by atoms with Crippen LogP contribution >= 0.6 is 0 Å². The number of benzene rings is 2. The third-order valence-electron chi connectivity index (χ3n) is 16.0. The van der Waals surface area contributed by atoms with Crippen LogP contribution in [0, 0.1) is 23.7 Å². The SMILES string of the molecule is CCN1CCC(Nc2nc(N3CCCCC3)nc3cc(C#CCCN4CCCC4)c(OC)cc23)CC1.CCN1CCC(Nc2nc(N3CCCCC3)nc3cc(C#CCCN4CCCC4)c(OC)cc23)CC1. The van der Waals surface area contributed by atoms with E-state index in [1.54, 1.807) is 14.2 Å². The van der Waals surface area contributed by atoms with Crippen LogP contribution in [-0.2, 0) is 0 Å². The first-order valence-electron chi connectivity index (χ1n) is 28.2. The first-order chi connectivity index (χ1) is 35.5. The Morgan fingerprint density at radius 3 is 1.21 bits per heavy atom. The molecule has 6 saturated heterocycles. The maximum atomic E-state index is 5.79. The lowest BCUT2D eigenvalue weighted by atomic mass is 10.0. The van der Waals surface area contributed by atoms with Crippen LogP contribution in [0.25, 0.3) is 21.8 Å². The zero-order valence-electron chi connectivity index (χ0n) is 44.4. The summed E-state index contributed by atoms with van der Waals surface area (Å²) in [6, 6.07) is 9.24. The molecule has 6 aliphatic rings. The maximum absolute atomic E-state index is 5.79. The summed E-state index contributed by atoms with van der Waals surface area (Å²) in [6.45, 7) is 22.3. The van der Waals surface area contributed by atoms with Gasteiger partial charge in [0.2, 0.25) is 11.9 Å². The molecular formula is C58H84N12O2. The molecule has 0 aliphatic carbocycles. The molecule has 0 atom stereocenters. The standard InChI is InChI=1S/2C29H42N6O/c2*1-3-33-19-12-24(13-20-33)30-28-25-22-27(36-2)23(11-5-8-14-34-15-9-10-16-34)21-26(25)31-29(32-28)35-17-6-4-7-18-35/h2*21-22,24H,3-4,6-10,12-20H2,1-2H3,(H,30,31,32). The molecule has 72 heavy (non-hydrogen) atoms. The zero-order chi connectivity index (χ0) is 49.5. The molecule has 0 unspecified atom stereocenters. The first-order valence-corrected chi connectivity index (χ1v) is 28.2. The minimum Gasteiger partial charge on any atom is -0.495 e. The minimum atomic E-state index is 0.427. The molecule has 8 heterocycles. The number of fused-ring (bicyclic) bond motifs is 2. The molecule has 0 bridgehead atoms. The smallest absolute Gasteiger partial charge is 0.227 e. The van der Waals surface area contributed by atoms with Gasteiger partial charge in [-0.1, -0.05) is 37.5 Å². The Morgan fingerprint density at radius 2 is 0.847 bits per heavy atom. The van der Waals surface area contributed by atoms with E-state index in [4.69, 9.17) is 29.4 Å². The van der Waals surface area contributed by atoms with E-state index < -0.39 is 0 Å². The number of nitrogens with one attached hydrogen (secondary N) is 2. The number of hydrogen-bond acceptors (Lipinski definition) is 14. The van der Waals surface area contributed by atoms with Crippen molar-refractivity contribution in [1.82, 2.24) is 39.5 Å². The molecule has 0 spiro atoms. The summed E-state index contributed by atoms with van der Waals surface area (Å²) in [5.41, 5.74) is 3.72. The summed E-state index contributed by atoms with van der Waals surface area (Å²) in [5, 5.41) is 9.64. The van der Waals surface area contributed by atoms with E-state index in [1.807, 2.05) is 0 Å². The van der Waals surface area contributed by atoms with Crippen molar-refractivity contribution >= 4 is 45.3 Å². The summed E-state index contributed by atoms with van der Waals surface area (Å²) in [7, 11) is 3.46. The molecule has 388 valence electrons. The van der Waals surface area contributed by atoms with Gasteiger partial charge in [-0.25, -0.2) is 9.97 Å². The van der Waals surface area contributed by atoms with Crippen molar-refractivity contribution in [2.75, 3.05) is 139 Å². The number of methoxy groups -OCH3 is 2. The molecule has 6 aliphatic heterocycles. The van der Waals surface area contributed by atoms with E-state index in [-0.39, 0.29) is 0 Å². The van der Waals surface area contributed by atoms with Crippen molar-refractivity contribution in [2.24, 2.45) is 0 Å². The molecule has 6 fully saturated rings. The topological polar surface area (TPSA) is 114 Å². The van der Waals surface area contributed by atoms with Gasteiger partial charge in [-0.3, -0.25) is 0 Å². The molecule has 10 rings (SSSR count). The molecule has 2 N–H and O–H groups in total. The maximum Gasteiger partial charge on any atom is 0.227 e. The molecule has 14 heteroatoms. The Hall–Kier alpha value is -5.12. The van der Waals surface area contributed by atoms with Crippen molar-refractivity contribution in [3.05, 3.63) is 35.4 Å². The fourth-order valence-electron chi connectivity index (χ4n) is 11.4. The van der Waals surface area contributed by atoms with Gasteiger partial charge in [0.1, 0.15) is 23.1 Å². The van der Waals surface area contributed by atoms with Crippen LogP contribution in [0.2, 0.25) is 0 Å². The zero-order valence-corrected chi connectivity index (χ0v) is 44.4. The molecule has 0 amide bonds. The van der Waals surface area contributed by atoms with Crippen molar-refractivity contribution in [3.63, 3.8) is 0 Å². The fraction of sp³-hybridized carbons (Fsp3) is 0.655. The highest BCUT2D eigenvalue weighted by Gasteiger charge is 2.25. The predicted molar refractivity (Wildman–Crippen MR) is 296 cm³/mol. The van der Waals surface area contributed by atoms with Crippen LogP contribution in [0.1, 0.15) is 128 Å². The van der Waals surface area contributed by atoms with E-state index in [1.165, 1.54) is 90.4 Å². The Morgan fingerprint density at radius 1 is 0.472 bits per heavy atom. The summed E-state index contributed by atoms with van der Waals surface area (Å²) in [6.07, 6.45) is 19.0. The summed E-state index contributed by atoms with van der Waals surface area (Å²) < 4.78 is 11.6. The van der Waals surface area contributed by atoms with Gasteiger partial charge >= 0.3 is 0 Å². The molecule has 0 radical (unpaired) electrons. The van der Waals surface area contributed by atoms with Gasteiger partial charge in [0.25, 0.3) is 0 Å². The molecule has 2 aromatic heterocycles. The van der Waals surface area contributed by atoms with Crippen molar-refractivity contribution in [2.45, 2.75) is 129 Å². The van der Waals surface area contributed by atoms with Crippen LogP contribution in [0.3, 0.4) is 0 Å². The normalized spacial score (nSPS) is 19.9. The highest BCUT2D eigenvalue weighted by Crippen LogP contribution is 2.34. The average molecular weight is 981 g/mol. The Kier molecular flexibility index (Phi) is 18.8. The Bertz CT molecular complexity index is 2320. The van der Waals surface area contributed by atoms with E-state index in [0.29, 0.717) is 12.1 Å². The van der Waals surface area contributed by atoms with Gasteiger partial charge in [0, 0.05) is 101 Å². The molecule has 4 aromatic rings. The van der Waals surface area contributed by atoms with Gasteiger partial charge in [-0.15, -0.1) is 0 Å². The summed E-state index contributed by atoms with van der Waals surface area (Å²) >= 11 is 0. The number of piperidine rings is 4. The van der Waals surface area contributed by atoms with E-state index in [9.17, 15) is 0 Å². The minimum absolute atomic E-state index is 0.427. The van der Waals surface area contributed by atoms with Gasteiger partial charge in [0.05, 0.1) is 36.4 Å². The molecule has 2 aromatic carbocycles. The Balaban J connectivity index is 0.000000178. The number of rotatable bonds is 14. The number of anilines is 4. The second-order valence-corrected chi connectivity index (χ2v) is 20.9. The number of hydrogen-bond donors (Lipinski definition) is 2. The van der Waals surface area contributed by atoms with Crippen LogP contribution in [0.4, 0.5) is 23.5 Å².